The van der Waals surface area contributed by atoms with Gasteiger partial charge in [-0.2, -0.15) is 0 Å². The minimum Gasteiger partial charge on any atom is -0.339 e. The summed E-state index contributed by atoms with van der Waals surface area (Å²) in [5.41, 5.74) is 0.516. The molecule has 0 heterocycles. The van der Waals surface area contributed by atoms with Gasteiger partial charge < -0.3 is 4.90 Å². The first-order chi connectivity index (χ1) is 9.11. The highest BCUT2D eigenvalue weighted by molar-refractivity contribution is 9.09. The van der Waals surface area contributed by atoms with Gasteiger partial charge in [0.25, 0.3) is 0 Å². The van der Waals surface area contributed by atoms with Crippen molar-refractivity contribution in [3.05, 3.63) is 35.4 Å². The SMILES string of the molecule is O=C(Cc1ccc(F)c(F)c1)N(CCBr)C1CCC1. The quantitative estimate of drug-likeness (QED) is 0.758. The molecule has 0 aromatic heterocycles. The van der Waals surface area contributed by atoms with E-state index in [2.05, 4.69) is 15.9 Å². The van der Waals surface area contributed by atoms with E-state index in [-0.39, 0.29) is 12.3 Å². The molecule has 0 bridgehead atoms. The molecule has 2 rings (SSSR count). The predicted molar refractivity (Wildman–Crippen MR) is 73.2 cm³/mol. The van der Waals surface area contributed by atoms with Gasteiger partial charge in [0.15, 0.2) is 11.6 Å². The standard InChI is InChI=1S/C14H16BrF2NO/c15-6-7-18(11-2-1-3-11)14(19)9-10-4-5-12(16)13(17)8-10/h4-5,8,11H,1-3,6-7,9H2. The monoisotopic (exact) mass is 331 g/mol. The van der Waals surface area contributed by atoms with Crippen LogP contribution in [0.5, 0.6) is 0 Å². The first kappa shape index (κ1) is 14.4. The van der Waals surface area contributed by atoms with Crippen LogP contribution in [0.4, 0.5) is 8.78 Å². The first-order valence-electron chi connectivity index (χ1n) is 6.41. The smallest absolute Gasteiger partial charge is 0.227 e. The number of nitrogens with zero attached hydrogens (tertiary/aromatic N) is 1. The maximum absolute atomic E-state index is 13.1. The zero-order valence-corrected chi connectivity index (χ0v) is 12.1. The molecule has 0 atom stereocenters. The summed E-state index contributed by atoms with van der Waals surface area (Å²) in [6, 6.07) is 3.94. The lowest BCUT2D eigenvalue weighted by molar-refractivity contribution is -0.134. The number of carbonyl (C=O) groups is 1. The minimum absolute atomic E-state index is 0.0184. The fraction of sp³-hybridized carbons (Fsp3) is 0.500. The molecule has 0 aliphatic heterocycles. The van der Waals surface area contributed by atoms with Crippen LogP contribution < -0.4 is 0 Å². The van der Waals surface area contributed by atoms with E-state index in [4.69, 9.17) is 0 Å². The molecule has 0 radical (unpaired) electrons. The fourth-order valence-corrected chi connectivity index (χ4v) is 2.61. The molecular weight excluding hydrogens is 316 g/mol. The highest BCUT2D eigenvalue weighted by Crippen LogP contribution is 2.25. The van der Waals surface area contributed by atoms with Crippen LogP contribution in [-0.2, 0) is 11.2 Å². The van der Waals surface area contributed by atoms with E-state index < -0.39 is 11.6 Å². The van der Waals surface area contributed by atoms with Gasteiger partial charge in [-0.05, 0) is 37.0 Å². The summed E-state index contributed by atoms with van der Waals surface area (Å²) in [4.78, 5) is 14.1. The second kappa shape index (κ2) is 6.46. The molecule has 2 nitrogen and oxygen atoms in total. The number of hydrogen-bond acceptors (Lipinski definition) is 1. The van der Waals surface area contributed by atoms with Crippen LogP contribution in [0, 0.1) is 11.6 Å². The molecule has 0 unspecified atom stereocenters. The Morgan fingerprint density at radius 1 is 1.32 bits per heavy atom. The number of benzene rings is 1. The largest absolute Gasteiger partial charge is 0.339 e. The minimum atomic E-state index is -0.902. The molecule has 0 saturated heterocycles. The lowest BCUT2D eigenvalue weighted by Crippen LogP contribution is -2.45. The van der Waals surface area contributed by atoms with Crippen molar-refractivity contribution in [2.75, 3.05) is 11.9 Å². The van der Waals surface area contributed by atoms with E-state index in [1.165, 1.54) is 6.07 Å². The average Bonchev–Trinajstić information content (AvgIpc) is 2.31. The summed E-state index contributed by atoms with van der Waals surface area (Å²) in [5, 5.41) is 0.729. The Morgan fingerprint density at radius 3 is 2.58 bits per heavy atom. The van der Waals surface area contributed by atoms with Gasteiger partial charge in [0.05, 0.1) is 6.42 Å². The fourth-order valence-electron chi connectivity index (χ4n) is 2.23. The molecule has 104 valence electrons. The van der Waals surface area contributed by atoms with Crippen molar-refractivity contribution in [2.45, 2.75) is 31.7 Å². The molecule has 1 aromatic rings. The van der Waals surface area contributed by atoms with Gasteiger partial charge in [0.1, 0.15) is 0 Å². The molecule has 19 heavy (non-hydrogen) atoms. The second-order valence-corrected chi connectivity index (χ2v) is 5.58. The first-order valence-corrected chi connectivity index (χ1v) is 7.53. The number of rotatable bonds is 5. The zero-order chi connectivity index (χ0) is 13.8. The van der Waals surface area contributed by atoms with E-state index in [1.807, 2.05) is 4.90 Å². The number of amides is 1. The van der Waals surface area contributed by atoms with Crippen LogP contribution in [0.3, 0.4) is 0 Å². The predicted octanol–water partition coefficient (Wildman–Crippen LogP) is 3.28. The van der Waals surface area contributed by atoms with Gasteiger partial charge in [-0.15, -0.1) is 0 Å². The van der Waals surface area contributed by atoms with E-state index >= 15 is 0 Å². The molecule has 1 aliphatic carbocycles. The number of hydrogen-bond donors (Lipinski definition) is 0. The summed E-state index contributed by atoms with van der Waals surface area (Å²) in [5.74, 6) is -1.80. The van der Waals surface area contributed by atoms with Crippen LogP contribution in [0.2, 0.25) is 0 Å². The van der Waals surface area contributed by atoms with Gasteiger partial charge in [0, 0.05) is 17.9 Å². The third kappa shape index (κ3) is 3.53. The van der Waals surface area contributed by atoms with Crippen molar-refractivity contribution in [1.82, 2.24) is 4.90 Å². The Morgan fingerprint density at radius 2 is 2.05 bits per heavy atom. The highest BCUT2D eigenvalue weighted by atomic mass is 79.9. The van der Waals surface area contributed by atoms with Crippen LogP contribution in [0.1, 0.15) is 24.8 Å². The molecule has 0 N–H and O–H groups in total. The number of carbonyl (C=O) groups excluding carboxylic acids is 1. The third-order valence-electron chi connectivity index (χ3n) is 3.50. The van der Waals surface area contributed by atoms with E-state index in [1.54, 1.807) is 0 Å². The van der Waals surface area contributed by atoms with Gasteiger partial charge in [-0.3, -0.25) is 4.79 Å². The Balaban J connectivity index is 2.03. The molecule has 1 fully saturated rings. The molecule has 0 spiro atoms. The van der Waals surface area contributed by atoms with Gasteiger partial charge >= 0.3 is 0 Å². The lowest BCUT2D eigenvalue weighted by atomic mass is 9.91. The molecule has 1 aromatic carbocycles. The van der Waals surface area contributed by atoms with Gasteiger partial charge in [-0.25, -0.2) is 8.78 Å². The second-order valence-electron chi connectivity index (χ2n) is 4.79. The van der Waals surface area contributed by atoms with Crippen molar-refractivity contribution in [2.24, 2.45) is 0 Å². The van der Waals surface area contributed by atoms with Crippen LogP contribution >= 0.6 is 15.9 Å². The highest BCUT2D eigenvalue weighted by Gasteiger charge is 2.28. The average molecular weight is 332 g/mol. The lowest BCUT2D eigenvalue weighted by Gasteiger charge is -2.37. The maximum atomic E-state index is 13.1. The molecule has 1 amide bonds. The van der Waals surface area contributed by atoms with Crippen molar-refractivity contribution < 1.29 is 13.6 Å². The summed E-state index contributed by atoms with van der Waals surface area (Å²) in [6.45, 7) is 0.660. The Labute approximate surface area is 119 Å². The normalized spacial score (nSPS) is 15.1. The van der Waals surface area contributed by atoms with Crippen molar-refractivity contribution in [3.8, 4) is 0 Å². The zero-order valence-electron chi connectivity index (χ0n) is 10.5. The molecule has 1 aliphatic rings. The van der Waals surface area contributed by atoms with Crippen LogP contribution in [0.15, 0.2) is 18.2 Å². The van der Waals surface area contributed by atoms with Crippen molar-refractivity contribution >= 4 is 21.8 Å². The number of alkyl halides is 1. The summed E-state index contributed by atoms with van der Waals surface area (Å²) in [6.07, 6.45) is 3.36. The Kier molecular flexibility index (Phi) is 4.91. The Hall–Kier alpha value is -0.970. The summed E-state index contributed by atoms with van der Waals surface area (Å²) in [7, 11) is 0. The summed E-state index contributed by atoms with van der Waals surface area (Å²) < 4.78 is 25.9. The molecular formula is C14H16BrF2NO. The van der Waals surface area contributed by atoms with Crippen molar-refractivity contribution in [3.63, 3.8) is 0 Å². The van der Waals surface area contributed by atoms with E-state index in [0.717, 1.165) is 36.7 Å². The Bertz CT molecular complexity index is 463. The third-order valence-corrected chi connectivity index (χ3v) is 3.86. The molecule has 1 saturated carbocycles. The van der Waals surface area contributed by atoms with Crippen LogP contribution in [-0.4, -0.2) is 28.7 Å². The molecule has 5 heteroatoms. The summed E-state index contributed by atoms with van der Waals surface area (Å²) >= 11 is 3.34. The van der Waals surface area contributed by atoms with Gasteiger partial charge in [-0.1, -0.05) is 22.0 Å². The van der Waals surface area contributed by atoms with Crippen molar-refractivity contribution in [1.29, 1.82) is 0 Å². The number of halogens is 3. The van der Waals surface area contributed by atoms with Crippen LogP contribution in [0.25, 0.3) is 0 Å². The van der Waals surface area contributed by atoms with E-state index in [9.17, 15) is 13.6 Å². The van der Waals surface area contributed by atoms with Gasteiger partial charge in [0.2, 0.25) is 5.91 Å². The van der Waals surface area contributed by atoms with E-state index in [0.29, 0.717) is 18.2 Å². The topological polar surface area (TPSA) is 20.3 Å². The maximum Gasteiger partial charge on any atom is 0.227 e.